The van der Waals surface area contributed by atoms with Gasteiger partial charge in [0.25, 0.3) is 0 Å². The van der Waals surface area contributed by atoms with Crippen molar-refractivity contribution in [3.05, 3.63) is 45.9 Å². The Morgan fingerprint density at radius 3 is 2.70 bits per heavy atom. The molecule has 0 spiro atoms. The van der Waals surface area contributed by atoms with Crippen molar-refractivity contribution >= 4 is 17.0 Å². The molecule has 104 valence electrons. The quantitative estimate of drug-likeness (QED) is 0.868. The second-order valence-electron chi connectivity index (χ2n) is 4.12. The minimum atomic E-state index is -4.46. The van der Waals surface area contributed by atoms with E-state index in [1.54, 1.807) is 18.6 Å². The molecule has 0 aliphatic rings. The van der Waals surface area contributed by atoms with Crippen LogP contribution in [0, 0.1) is 11.3 Å². The first-order chi connectivity index (χ1) is 9.41. The lowest BCUT2D eigenvalue weighted by molar-refractivity contribution is -0.137. The Morgan fingerprint density at radius 1 is 1.40 bits per heavy atom. The Hall–Kier alpha value is -2.07. The predicted octanol–water partition coefficient (Wildman–Crippen LogP) is 3.67. The molecule has 3 nitrogen and oxygen atoms in total. The Balaban J connectivity index is 2.39. The molecule has 0 amide bonds. The SMILES string of the molecule is CN(Cc1nccs1)c1cc(C#N)ccc1C(F)(F)F. The van der Waals surface area contributed by atoms with Gasteiger partial charge in [-0.15, -0.1) is 11.3 Å². The fourth-order valence-electron chi connectivity index (χ4n) is 1.78. The molecule has 1 aromatic heterocycles. The lowest BCUT2D eigenvalue weighted by atomic mass is 10.1. The first-order valence-corrected chi connectivity index (χ1v) is 6.50. The molecule has 0 saturated carbocycles. The first kappa shape index (κ1) is 14.3. The highest BCUT2D eigenvalue weighted by atomic mass is 32.1. The molecular formula is C13H10F3N3S. The minimum absolute atomic E-state index is 0.0215. The van der Waals surface area contributed by atoms with Crippen molar-refractivity contribution in [2.75, 3.05) is 11.9 Å². The lowest BCUT2D eigenvalue weighted by Gasteiger charge is -2.22. The number of hydrogen-bond acceptors (Lipinski definition) is 4. The summed E-state index contributed by atoms with van der Waals surface area (Å²) in [5.41, 5.74) is -0.582. The van der Waals surface area contributed by atoms with Gasteiger partial charge in [0.2, 0.25) is 0 Å². The van der Waals surface area contributed by atoms with Crippen molar-refractivity contribution in [3.8, 4) is 6.07 Å². The highest BCUT2D eigenvalue weighted by Crippen LogP contribution is 2.37. The van der Waals surface area contributed by atoms with Gasteiger partial charge in [-0.3, -0.25) is 0 Å². The molecule has 1 aromatic carbocycles. The first-order valence-electron chi connectivity index (χ1n) is 5.62. The molecule has 1 heterocycles. The summed E-state index contributed by atoms with van der Waals surface area (Å²) in [6.45, 7) is 0.260. The van der Waals surface area contributed by atoms with Crippen molar-refractivity contribution in [1.82, 2.24) is 4.98 Å². The average molecular weight is 297 g/mol. The number of thiazole rings is 1. The van der Waals surface area contributed by atoms with Crippen LogP contribution in [0.25, 0.3) is 0 Å². The number of nitriles is 1. The normalized spacial score (nSPS) is 11.2. The van der Waals surface area contributed by atoms with E-state index in [4.69, 9.17) is 5.26 Å². The van der Waals surface area contributed by atoms with Gasteiger partial charge in [-0.05, 0) is 18.2 Å². The molecule has 0 bridgehead atoms. The molecule has 0 fully saturated rings. The fourth-order valence-corrected chi connectivity index (χ4v) is 2.44. The van der Waals surface area contributed by atoms with E-state index in [-0.39, 0.29) is 17.8 Å². The zero-order valence-electron chi connectivity index (χ0n) is 10.5. The van der Waals surface area contributed by atoms with Crippen LogP contribution in [0.4, 0.5) is 18.9 Å². The number of hydrogen-bond donors (Lipinski definition) is 0. The molecule has 0 N–H and O–H groups in total. The van der Waals surface area contributed by atoms with E-state index in [9.17, 15) is 13.2 Å². The highest BCUT2D eigenvalue weighted by molar-refractivity contribution is 7.09. The van der Waals surface area contributed by atoms with Crippen molar-refractivity contribution in [3.63, 3.8) is 0 Å². The molecule has 0 radical (unpaired) electrons. The van der Waals surface area contributed by atoms with E-state index in [0.29, 0.717) is 5.01 Å². The minimum Gasteiger partial charge on any atom is -0.367 e. The molecule has 7 heteroatoms. The summed E-state index contributed by atoms with van der Waals surface area (Å²) in [6.07, 6.45) is -2.86. The van der Waals surface area contributed by atoms with E-state index in [0.717, 1.165) is 6.07 Å². The molecule has 2 aromatic rings. The summed E-state index contributed by atoms with van der Waals surface area (Å²) < 4.78 is 39.0. The zero-order valence-corrected chi connectivity index (χ0v) is 11.3. The Kier molecular flexibility index (Phi) is 3.95. The van der Waals surface area contributed by atoms with Crippen LogP contribution >= 0.6 is 11.3 Å². The third-order valence-electron chi connectivity index (χ3n) is 2.70. The van der Waals surface area contributed by atoms with Crippen molar-refractivity contribution in [2.24, 2.45) is 0 Å². The summed E-state index contributed by atoms with van der Waals surface area (Å²) in [5.74, 6) is 0. The maximum Gasteiger partial charge on any atom is 0.418 e. The highest BCUT2D eigenvalue weighted by Gasteiger charge is 2.34. The summed E-state index contributed by atoms with van der Waals surface area (Å²) in [4.78, 5) is 5.49. The Morgan fingerprint density at radius 2 is 2.15 bits per heavy atom. The number of nitrogens with zero attached hydrogens (tertiary/aromatic N) is 3. The third kappa shape index (κ3) is 3.08. The summed E-state index contributed by atoms with van der Waals surface area (Å²) in [5, 5.41) is 11.3. The van der Waals surface area contributed by atoms with E-state index in [1.807, 2.05) is 6.07 Å². The van der Waals surface area contributed by atoms with E-state index < -0.39 is 11.7 Å². The van der Waals surface area contributed by atoms with Gasteiger partial charge in [-0.2, -0.15) is 18.4 Å². The molecule has 0 unspecified atom stereocenters. The standard InChI is InChI=1S/C13H10F3N3S/c1-19(8-12-18-4-5-20-12)11-6-9(7-17)2-3-10(11)13(14,15)16/h2-6H,8H2,1H3. The van der Waals surface area contributed by atoms with E-state index >= 15 is 0 Å². The van der Waals surface area contributed by atoms with Crippen molar-refractivity contribution in [1.29, 1.82) is 5.26 Å². The number of alkyl halides is 3. The van der Waals surface area contributed by atoms with Gasteiger partial charge in [-0.1, -0.05) is 0 Å². The maximum absolute atomic E-state index is 13.0. The van der Waals surface area contributed by atoms with Gasteiger partial charge in [0.15, 0.2) is 0 Å². The zero-order chi connectivity index (χ0) is 14.8. The van der Waals surface area contributed by atoms with Crippen LogP contribution in [0.15, 0.2) is 29.8 Å². The fraction of sp³-hybridized carbons (Fsp3) is 0.231. The number of rotatable bonds is 3. The topological polar surface area (TPSA) is 39.9 Å². The second-order valence-corrected chi connectivity index (χ2v) is 5.10. The van der Waals surface area contributed by atoms with Gasteiger partial charge in [-0.25, -0.2) is 4.98 Å². The van der Waals surface area contributed by atoms with Gasteiger partial charge in [0, 0.05) is 18.6 Å². The number of halogens is 3. The van der Waals surface area contributed by atoms with Crippen LogP contribution < -0.4 is 4.90 Å². The largest absolute Gasteiger partial charge is 0.418 e. The van der Waals surface area contributed by atoms with Crippen LogP contribution in [0.2, 0.25) is 0 Å². The molecular weight excluding hydrogens is 287 g/mol. The van der Waals surface area contributed by atoms with Crippen LogP contribution in [-0.2, 0) is 12.7 Å². The smallest absolute Gasteiger partial charge is 0.367 e. The molecule has 0 aliphatic heterocycles. The monoisotopic (exact) mass is 297 g/mol. The van der Waals surface area contributed by atoms with E-state index in [2.05, 4.69) is 4.98 Å². The summed E-state index contributed by atoms with van der Waals surface area (Å²) in [7, 11) is 1.55. The lowest BCUT2D eigenvalue weighted by Crippen LogP contribution is -2.21. The van der Waals surface area contributed by atoms with Gasteiger partial charge in [0.1, 0.15) is 5.01 Å². The third-order valence-corrected chi connectivity index (χ3v) is 3.46. The van der Waals surface area contributed by atoms with Gasteiger partial charge < -0.3 is 4.90 Å². The predicted molar refractivity (Wildman–Crippen MR) is 70.4 cm³/mol. The van der Waals surface area contributed by atoms with Crippen LogP contribution in [0.3, 0.4) is 0 Å². The molecule has 0 aliphatic carbocycles. The van der Waals surface area contributed by atoms with Crippen LogP contribution in [0.5, 0.6) is 0 Å². The second kappa shape index (κ2) is 5.51. The van der Waals surface area contributed by atoms with Gasteiger partial charge in [0.05, 0.1) is 29.4 Å². The Bertz CT molecular complexity index is 629. The number of anilines is 1. The van der Waals surface area contributed by atoms with Gasteiger partial charge >= 0.3 is 6.18 Å². The van der Waals surface area contributed by atoms with Crippen LogP contribution in [0.1, 0.15) is 16.1 Å². The van der Waals surface area contributed by atoms with E-state index in [1.165, 1.54) is 28.4 Å². The molecule has 20 heavy (non-hydrogen) atoms. The van der Waals surface area contributed by atoms with Crippen molar-refractivity contribution < 1.29 is 13.2 Å². The Labute approximate surface area is 117 Å². The number of benzene rings is 1. The average Bonchev–Trinajstić information content (AvgIpc) is 2.89. The summed E-state index contributed by atoms with van der Waals surface area (Å²) >= 11 is 1.37. The molecule has 0 atom stereocenters. The van der Waals surface area contributed by atoms with Crippen molar-refractivity contribution in [2.45, 2.75) is 12.7 Å². The van der Waals surface area contributed by atoms with Crippen LogP contribution in [-0.4, -0.2) is 12.0 Å². The molecule has 0 saturated heterocycles. The maximum atomic E-state index is 13.0. The number of aromatic nitrogens is 1. The summed E-state index contributed by atoms with van der Waals surface area (Å²) in [6, 6.07) is 5.21. The molecule has 2 rings (SSSR count).